The maximum absolute atomic E-state index is 10.8. The van der Waals surface area contributed by atoms with Crippen molar-refractivity contribution in [2.45, 2.75) is 24.9 Å². The molecule has 100 valence electrons. The van der Waals surface area contributed by atoms with Crippen LogP contribution in [0.25, 0.3) is 0 Å². The van der Waals surface area contributed by atoms with Gasteiger partial charge in [-0.15, -0.1) is 0 Å². The van der Waals surface area contributed by atoms with Crippen molar-refractivity contribution < 1.29 is 15.0 Å². The summed E-state index contributed by atoms with van der Waals surface area (Å²) in [4.78, 5) is 12.7. The van der Waals surface area contributed by atoms with Crippen LogP contribution in [0, 0.1) is 11.3 Å². The summed E-state index contributed by atoms with van der Waals surface area (Å²) in [7, 11) is 0. The number of rotatable bonds is 3. The Balaban J connectivity index is 2.17. The van der Waals surface area contributed by atoms with Gasteiger partial charge in [-0.1, -0.05) is 6.07 Å². The van der Waals surface area contributed by atoms with E-state index in [-0.39, 0.29) is 13.0 Å². The summed E-state index contributed by atoms with van der Waals surface area (Å²) >= 11 is 0. The van der Waals surface area contributed by atoms with Crippen LogP contribution in [0.4, 0.5) is 5.69 Å². The van der Waals surface area contributed by atoms with Crippen LogP contribution < -0.4 is 4.90 Å². The summed E-state index contributed by atoms with van der Waals surface area (Å²) in [6.45, 7) is 1.05. The number of carboxylic acid groups (broad SMARTS) is 1. The number of carbonyl (C=O) groups is 1. The molecule has 2 rings (SSSR count). The van der Waals surface area contributed by atoms with Crippen molar-refractivity contribution in [2.75, 3.05) is 18.0 Å². The molecule has 0 saturated carbocycles. The highest BCUT2D eigenvalue weighted by atomic mass is 16.4. The summed E-state index contributed by atoms with van der Waals surface area (Å²) in [6, 6.07) is 9.21. The van der Waals surface area contributed by atoms with E-state index in [2.05, 4.69) is 6.07 Å². The fraction of sp³-hybridized carbons (Fsp3) is 0.429. The van der Waals surface area contributed by atoms with Gasteiger partial charge in [-0.25, -0.2) is 0 Å². The lowest BCUT2D eigenvalue weighted by Gasteiger charge is -2.39. The van der Waals surface area contributed by atoms with E-state index in [1.54, 1.807) is 18.2 Å². The first kappa shape index (κ1) is 13.4. The van der Waals surface area contributed by atoms with Crippen LogP contribution in [-0.2, 0) is 4.79 Å². The Hall–Kier alpha value is -2.06. The van der Waals surface area contributed by atoms with Crippen LogP contribution in [0.15, 0.2) is 24.3 Å². The highest BCUT2D eigenvalue weighted by molar-refractivity contribution is 5.68. The zero-order valence-electron chi connectivity index (χ0n) is 10.5. The van der Waals surface area contributed by atoms with E-state index >= 15 is 0 Å². The molecule has 0 amide bonds. The van der Waals surface area contributed by atoms with Crippen LogP contribution in [0.1, 0.15) is 24.8 Å². The molecule has 0 bridgehead atoms. The summed E-state index contributed by atoms with van der Waals surface area (Å²) in [5.74, 6) is -0.991. The number of hydrogen-bond donors (Lipinski definition) is 2. The first-order valence-corrected chi connectivity index (χ1v) is 6.22. The monoisotopic (exact) mass is 260 g/mol. The van der Waals surface area contributed by atoms with Gasteiger partial charge in [-0.2, -0.15) is 5.26 Å². The quantitative estimate of drug-likeness (QED) is 0.857. The largest absolute Gasteiger partial charge is 0.481 e. The van der Waals surface area contributed by atoms with E-state index in [1.807, 2.05) is 11.0 Å². The lowest BCUT2D eigenvalue weighted by atomic mass is 9.89. The van der Waals surface area contributed by atoms with Crippen LogP contribution in [-0.4, -0.2) is 34.9 Å². The van der Waals surface area contributed by atoms with E-state index in [0.717, 1.165) is 18.7 Å². The lowest BCUT2D eigenvalue weighted by Crippen LogP contribution is -2.49. The van der Waals surface area contributed by atoms with E-state index in [9.17, 15) is 9.90 Å². The predicted molar refractivity (Wildman–Crippen MR) is 69.8 cm³/mol. The van der Waals surface area contributed by atoms with E-state index in [4.69, 9.17) is 10.4 Å². The predicted octanol–water partition coefficient (Wildman–Crippen LogP) is 1.36. The third-order valence-corrected chi connectivity index (χ3v) is 3.38. The number of nitriles is 1. The molecule has 1 saturated heterocycles. The molecule has 0 aromatic heterocycles. The molecular weight excluding hydrogens is 244 g/mol. The molecule has 5 nitrogen and oxygen atoms in total. The van der Waals surface area contributed by atoms with Crippen LogP contribution in [0.2, 0.25) is 0 Å². The number of benzene rings is 1. The van der Waals surface area contributed by atoms with Crippen molar-refractivity contribution in [3.8, 4) is 6.07 Å². The minimum atomic E-state index is -1.19. The molecule has 1 heterocycles. The SMILES string of the molecule is N#Cc1cccc(N2CCCC(O)(CC(=O)O)C2)c1. The molecule has 5 heteroatoms. The molecule has 1 unspecified atom stereocenters. The molecule has 0 aliphatic carbocycles. The smallest absolute Gasteiger partial charge is 0.306 e. The number of hydrogen-bond acceptors (Lipinski definition) is 4. The number of anilines is 1. The number of aliphatic hydroxyl groups is 1. The lowest BCUT2D eigenvalue weighted by molar-refractivity contribution is -0.142. The second-order valence-electron chi connectivity index (χ2n) is 4.98. The summed E-state index contributed by atoms with van der Waals surface area (Å²) in [6.07, 6.45) is 0.982. The summed E-state index contributed by atoms with van der Waals surface area (Å²) in [5, 5.41) is 28.0. The molecule has 0 spiro atoms. The number of aliphatic carboxylic acids is 1. The summed E-state index contributed by atoms with van der Waals surface area (Å²) in [5.41, 5.74) is 0.222. The van der Waals surface area contributed by atoms with Gasteiger partial charge in [0, 0.05) is 18.8 Å². The van der Waals surface area contributed by atoms with Gasteiger partial charge in [0.1, 0.15) is 0 Å². The van der Waals surface area contributed by atoms with E-state index in [0.29, 0.717) is 12.0 Å². The molecule has 1 aliphatic rings. The van der Waals surface area contributed by atoms with Crippen molar-refractivity contribution in [3.05, 3.63) is 29.8 Å². The van der Waals surface area contributed by atoms with Crippen LogP contribution >= 0.6 is 0 Å². The number of carboxylic acids is 1. The third-order valence-electron chi connectivity index (χ3n) is 3.38. The van der Waals surface area contributed by atoms with Gasteiger partial charge >= 0.3 is 5.97 Å². The maximum Gasteiger partial charge on any atom is 0.306 e. The van der Waals surface area contributed by atoms with Gasteiger partial charge in [0.05, 0.1) is 23.7 Å². The number of nitrogens with zero attached hydrogens (tertiary/aromatic N) is 2. The van der Waals surface area contributed by atoms with Gasteiger partial charge in [-0.05, 0) is 31.0 Å². The fourth-order valence-electron chi connectivity index (χ4n) is 2.53. The second kappa shape index (κ2) is 5.29. The Bertz CT molecular complexity index is 524. The zero-order valence-corrected chi connectivity index (χ0v) is 10.5. The van der Waals surface area contributed by atoms with Gasteiger partial charge < -0.3 is 15.1 Å². The normalized spacial score (nSPS) is 22.8. The molecule has 1 aromatic carbocycles. The minimum Gasteiger partial charge on any atom is -0.481 e. The van der Waals surface area contributed by atoms with Crippen molar-refractivity contribution in [3.63, 3.8) is 0 Å². The molecule has 1 atom stereocenters. The minimum absolute atomic E-state index is 0.249. The Labute approximate surface area is 111 Å². The molecule has 0 radical (unpaired) electrons. The van der Waals surface area contributed by atoms with Crippen molar-refractivity contribution in [2.24, 2.45) is 0 Å². The molecule has 1 aliphatic heterocycles. The Morgan fingerprint density at radius 3 is 3.00 bits per heavy atom. The van der Waals surface area contributed by atoms with Gasteiger partial charge in [0.25, 0.3) is 0 Å². The third kappa shape index (κ3) is 3.24. The average Bonchev–Trinajstić information content (AvgIpc) is 2.37. The highest BCUT2D eigenvalue weighted by Gasteiger charge is 2.35. The standard InChI is InChI=1S/C14H16N2O3/c15-9-11-3-1-4-12(7-11)16-6-2-5-14(19,10-16)8-13(17)18/h1,3-4,7,19H,2,5-6,8,10H2,(H,17,18). The van der Waals surface area contributed by atoms with Crippen molar-refractivity contribution in [1.82, 2.24) is 0 Å². The Kier molecular flexibility index (Phi) is 3.72. The second-order valence-corrected chi connectivity index (χ2v) is 4.98. The first-order valence-electron chi connectivity index (χ1n) is 6.22. The fourth-order valence-corrected chi connectivity index (χ4v) is 2.53. The maximum atomic E-state index is 10.8. The van der Waals surface area contributed by atoms with Crippen molar-refractivity contribution in [1.29, 1.82) is 5.26 Å². The molecule has 1 aromatic rings. The Morgan fingerprint density at radius 2 is 2.32 bits per heavy atom. The highest BCUT2D eigenvalue weighted by Crippen LogP contribution is 2.28. The van der Waals surface area contributed by atoms with Gasteiger partial charge in [0.2, 0.25) is 0 Å². The number of piperidine rings is 1. The van der Waals surface area contributed by atoms with Crippen LogP contribution in [0.5, 0.6) is 0 Å². The van der Waals surface area contributed by atoms with Gasteiger partial charge in [-0.3, -0.25) is 4.79 Å². The molecule has 1 fully saturated rings. The van der Waals surface area contributed by atoms with E-state index < -0.39 is 11.6 Å². The summed E-state index contributed by atoms with van der Waals surface area (Å²) < 4.78 is 0. The Morgan fingerprint density at radius 1 is 1.53 bits per heavy atom. The topological polar surface area (TPSA) is 84.6 Å². The molecular formula is C14H16N2O3. The molecule has 19 heavy (non-hydrogen) atoms. The van der Waals surface area contributed by atoms with Crippen molar-refractivity contribution >= 4 is 11.7 Å². The van der Waals surface area contributed by atoms with Gasteiger partial charge in [0.15, 0.2) is 0 Å². The average molecular weight is 260 g/mol. The molecule has 2 N–H and O–H groups in total. The van der Waals surface area contributed by atoms with Crippen LogP contribution in [0.3, 0.4) is 0 Å². The first-order chi connectivity index (χ1) is 9.02. The van der Waals surface area contributed by atoms with E-state index in [1.165, 1.54) is 0 Å². The zero-order chi connectivity index (χ0) is 13.9. The number of β-amino-alcohol motifs (C(OH)–C–C–N with tert-alkyl or cyclic N) is 1.